The summed E-state index contributed by atoms with van der Waals surface area (Å²) in [5, 5.41) is 0. The fourth-order valence-corrected chi connectivity index (χ4v) is 1.19. The fraction of sp³-hybridized carbons (Fsp3) is 0.417. The molecule has 0 aliphatic carbocycles. The molecule has 0 bridgehead atoms. The lowest BCUT2D eigenvalue weighted by Crippen LogP contribution is -2.06. The number of rotatable bonds is 4. The van der Waals surface area contributed by atoms with E-state index >= 15 is 0 Å². The largest absolute Gasteiger partial charge is 0.465 e. The minimum Gasteiger partial charge on any atom is -0.465 e. The minimum atomic E-state index is -0.672. The summed E-state index contributed by atoms with van der Waals surface area (Å²) < 4.78 is 23.2. The quantitative estimate of drug-likeness (QED) is 0.740. The van der Waals surface area contributed by atoms with Crippen LogP contribution in [0.5, 0.6) is 0 Å². The molecule has 0 N–H and O–H groups in total. The van der Waals surface area contributed by atoms with Crippen molar-refractivity contribution in [2.24, 2.45) is 0 Å². The Morgan fingerprint density at radius 2 is 2.12 bits per heavy atom. The van der Waals surface area contributed by atoms with Gasteiger partial charge in [0.05, 0.1) is 25.4 Å². The van der Waals surface area contributed by atoms with Crippen LogP contribution in [0.1, 0.15) is 29.8 Å². The van der Waals surface area contributed by atoms with Crippen LogP contribution < -0.4 is 0 Å². The number of benzene rings is 1. The standard InChI is InChI=1S/C12H15FO3/c1-8(2)16-7-9-4-5-10(11(13)6-9)12(14)15-3/h4-6,8H,7H2,1-3H3. The molecule has 0 radical (unpaired) electrons. The summed E-state index contributed by atoms with van der Waals surface area (Å²) in [5.74, 6) is -1.26. The Balaban J connectivity index is 2.78. The lowest BCUT2D eigenvalue weighted by atomic mass is 10.1. The average Bonchev–Trinajstić information content (AvgIpc) is 2.25. The normalized spacial score (nSPS) is 10.6. The Morgan fingerprint density at radius 1 is 1.44 bits per heavy atom. The summed E-state index contributed by atoms with van der Waals surface area (Å²) in [7, 11) is 1.22. The molecule has 0 aromatic heterocycles. The van der Waals surface area contributed by atoms with Crippen molar-refractivity contribution in [2.45, 2.75) is 26.6 Å². The molecule has 0 spiro atoms. The van der Waals surface area contributed by atoms with Crippen molar-refractivity contribution in [3.8, 4) is 0 Å². The van der Waals surface area contributed by atoms with Crippen LogP contribution in [-0.2, 0) is 16.1 Å². The van der Waals surface area contributed by atoms with Gasteiger partial charge in [-0.1, -0.05) is 6.07 Å². The summed E-state index contributed by atoms with van der Waals surface area (Å²) in [4.78, 5) is 11.1. The van der Waals surface area contributed by atoms with Gasteiger partial charge in [0.15, 0.2) is 0 Å². The zero-order valence-corrected chi connectivity index (χ0v) is 9.62. The third-order valence-corrected chi connectivity index (χ3v) is 2.02. The predicted molar refractivity (Wildman–Crippen MR) is 57.7 cm³/mol. The predicted octanol–water partition coefficient (Wildman–Crippen LogP) is 2.54. The Morgan fingerprint density at radius 3 is 2.62 bits per heavy atom. The maximum atomic E-state index is 13.5. The van der Waals surface area contributed by atoms with Gasteiger partial charge in [0, 0.05) is 0 Å². The van der Waals surface area contributed by atoms with Gasteiger partial charge >= 0.3 is 5.97 Å². The highest BCUT2D eigenvalue weighted by Crippen LogP contribution is 2.13. The van der Waals surface area contributed by atoms with Gasteiger partial charge in [0.1, 0.15) is 5.82 Å². The zero-order chi connectivity index (χ0) is 12.1. The molecule has 0 saturated heterocycles. The topological polar surface area (TPSA) is 35.5 Å². The summed E-state index contributed by atoms with van der Waals surface area (Å²) in [6.45, 7) is 4.13. The number of hydrogen-bond donors (Lipinski definition) is 0. The van der Waals surface area contributed by atoms with Crippen LogP contribution in [0.15, 0.2) is 18.2 Å². The molecule has 3 nitrogen and oxygen atoms in total. The van der Waals surface area contributed by atoms with E-state index in [1.54, 1.807) is 6.07 Å². The van der Waals surface area contributed by atoms with E-state index in [0.29, 0.717) is 12.2 Å². The molecular formula is C12H15FO3. The molecule has 0 heterocycles. The lowest BCUT2D eigenvalue weighted by molar-refractivity contribution is 0.0591. The summed E-state index contributed by atoms with van der Waals surface area (Å²) in [6.07, 6.45) is 0.0864. The monoisotopic (exact) mass is 226 g/mol. The van der Waals surface area contributed by atoms with Gasteiger partial charge in [0.25, 0.3) is 0 Å². The van der Waals surface area contributed by atoms with E-state index in [0.717, 1.165) is 0 Å². The molecule has 0 aliphatic heterocycles. The van der Waals surface area contributed by atoms with Crippen LogP contribution in [0.4, 0.5) is 4.39 Å². The number of methoxy groups -OCH3 is 1. The van der Waals surface area contributed by atoms with Crippen molar-refractivity contribution < 1.29 is 18.7 Å². The maximum absolute atomic E-state index is 13.5. The number of esters is 1. The van der Waals surface area contributed by atoms with Gasteiger partial charge in [-0.2, -0.15) is 0 Å². The molecule has 88 valence electrons. The van der Waals surface area contributed by atoms with E-state index in [2.05, 4.69) is 4.74 Å². The van der Waals surface area contributed by atoms with E-state index in [4.69, 9.17) is 4.74 Å². The highest BCUT2D eigenvalue weighted by atomic mass is 19.1. The first-order valence-electron chi connectivity index (χ1n) is 5.03. The maximum Gasteiger partial charge on any atom is 0.340 e. The van der Waals surface area contributed by atoms with E-state index in [1.807, 2.05) is 13.8 Å². The molecule has 1 rings (SSSR count). The van der Waals surface area contributed by atoms with Crippen molar-refractivity contribution in [1.29, 1.82) is 0 Å². The third-order valence-electron chi connectivity index (χ3n) is 2.02. The number of halogens is 1. The fourth-order valence-electron chi connectivity index (χ4n) is 1.19. The molecule has 16 heavy (non-hydrogen) atoms. The molecule has 1 aromatic carbocycles. The molecule has 0 saturated carbocycles. The number of ether oxygens (including phenoxy) is 2. The summed E-state index contributed by atoms with van der Waals surface area (Å²) >= 11 is 0. The van der Waals surface area contributed by atoms with Crippen molar-refractivity contribution in [3.05, 3.63) is 35.1 Å². The van der Waals surface area contributed by atoms with Gasteiger partial charge in [-0.3, -0.25) is 0 Å². The Labute approximate surface area is 94.2 Å². The van der Waals surface area contributed by atoms with E-state index in [1.165, 1.54) is 19.2 Å². The second-order valence-corrected chi connectivity index (χ2v) is 3.67. The van der Waals surface area contributed by atoms with Gasteiger partial charge < -0.3 is 9.47 Å². The smallest absolute Gasteiger partial charge is 0.340 e. The number of carbonyl (C=O) groups is 1. The van der Waals surface area contributed by atoms with Crippen LogP contribution in [0.3, 0.4) is 0 Å². The first-order valence-corrected chi connectivity index (χ1v) is 5.03. The molecule has 0 amide bonds. The Bertz CT molecular complexity index is 375. The van der Waals surface area contributed by atoms with Crippen LogP contribution in [-0.4, -0.2) is 19.2 Å². The molecular weight excluding hydrogens is 211 g/mol. The van der Waals surface area contributed by atoms with Gasteiger partial charge in [-0.05, 0) is 31.5 Å². The van der Waals surface area contributed by atoms with Crippen molar-refractivity contribution in [3.63, 3.8) is 0 Å². The molecule has 0 aliphatic rings. The molecule has 0 atom stereocenters. The Hall–Kier alpha value is -1.42. The summed E-state index contributed by atoms with van der Waals surface area (Å²) in [6, 6.07) is 4.34. The van der Waals surface area contributed by atoms with Crippen LogP contribution in [0, 0.1) is 5.82 Å². The van der Waals surface area contributed by atoms with Gasteiger partial charge in [-0.25, -0.2) is 9.18 Å². The van der Waals surface area contributed by atoms with Gasteiger partial charge in [-0.15, -0.1) is 0 Å². The molecule has 0 unspecified atom stereocenters. The van der Waals surface area contributed by atoms with Crippen LogP contribution in [0.25, 0.3) is 0 Å². The van der Waals surface area contributed by atoms with Crippen molar-refractivity contribution in [1.82, 2.24) is 0 Å². The highest BCUT2D eigenvalue weighted by molar-refractivity contribution is 5.89. The lowest BCUT2D eigenvalue weighted by Gasteiger charge is -2.08. The second kappa shape index (κ2) is 5.61. The average molecular weight is 226 g/mol. The molecule has 1 aromatic rings. The third kappa shape index (κ3) is 3.31. The first-order chi connectivity index (χ1) is 7.54. The zero-order valence-electron chi connectivity index (χ0n) is 9.62. The van der Waals surface area contributed by atoms with Crippen LogP contribution in [0.2, 0.25) is 0 Å². The summed E-state index contributed by atoms with van der Waals surface area (Å²) in [5.41, 5.74) is 0.634. The molecule has 4 heteroatoms. The second-order valence-electron chi connectivity index (χ2n) is 3.67. The van der Waals surface area contributed by atoms with Crippen molar-refractivity contribution in [2.75, 3.05) is 7.11 Å². The SMILES string of the molecule is COC(=O)c1ccc(COC(C)C)cc1F. The van der Waals surface area contributed by atoms with Crippen molar-refractivity contribution >= 4 is 5.97 Å². The van der Waals surface area contributed by atoms with E-state index in [9.17, 15) is 9.18 Å². The number of carbonyl (C=O) groups excluding carboxylic acids is 1. The highest BCUT2D eigenvalue weighted by Gasteiger charge is 2.12. The molecule has 0 fully saturated rings. The van der Waals surface area contributed by atoms with Crippen LogP contribution >= 0.6 is 0 Å². The van der Waals surface area contributed by atoms with E-state index in [-0.39, 0.29) is 11.7 Å². The Kier molecular flexibility index (Phi) is 4.43. The first kappa shape index (κ1) is 12.6. The van der Waals surface area contributed by atoms with E-state index < -0.39 is 11.8 Å². The number of hydrogen-bond acceptors (Lipinski definition) is 3. The minimum absolute atomic E-state index is 0.0594. The van der Waals surface area contributed by atoms with Gasteiger partial charge in [0.2, 0.25) is 0 Å².